The Hall–Kier alpha value is -3.15. The fourth-order valence-electron chi connectivity index (χ4n) is 3.16. The van der Waals surface area contributed by atoms with Crippen molar-refractivity contribution in [2.45, 2.75) is 12.3 Å². The molecule has 160 valence electrons. The van der Waals surface area contributed by atoms with E-state index in [1.54, 1.807) is 37.4 Å². The van der Waals surface area contributed by atoms with Crippen LogP contribution >= 0.6 is 23.4 Å². The van der Waals surface area contributed by atoms with E-state index in [-0.39, 0.29) is 29.9 Å². The Bertz CT molecular complexity index is 1060. The zero-order valence-corrected chi connectivity index (χ0v) is 18.5. The van der Waals surface area contributed by atoms with Gasteiger partial charge in [0.25, 0.3) is 0 Å². The van der Waals surface area contributed by atoms with E-state index in [9.17, 15) is 14.9 Å². The van der Waals surface area contributed by atoms with Gasteiger partial charge in [0.2, 0.25) is 11.8 Å². The van der Waals surface area contributed by atoms with Crippen LogP contribution in [0.1, 0.15) is 17.9 Å². The van der Waals surface area contributed by atoms with E-state index in [0.717, 1.165) is 17.3 Å². The number of nitrogens with zero attached hydrogens (tertiary/aromatic N) is 1. The number of hydrogen-bond acceptors (Lipinski definition) is 6. The molecule has 1 atom stereocenters. The molecule has 0 saturated heterocycles. The molecule has 0 saturated carbocycles. The number of nitrogens with one attached hydrogen (secondary N) is 2. The number of halogens is 1. The Balaban J connectivity index is 1.76. The van der Waals surface area contributed by atoms with Crippen molar-refractivity contribution in [3.63, 3.8) is 0 Å². The number of benzene rings is 2. The van der Waals surface area contributed by atoms with E-state index in [4.69, 9.17) is 21.1 Å². The molecule has 2 N–H and O–H groups in total. The van der Waals surface area contributed by atoms with Gasteiger partial charge in [-0.25, -0.2) is 0 Å². The summed E-state index contributed by atoms with van der Waals surface area (Å²) in [6.07, 6.45) is 0.158. The molecule has 0 fully saturated rings. The summed E-state index contributed by atoms with van der Waals surface area (Å²) in [5.41, 5.74) is 1.69. The minimum Gasteiger partial charge on any atom is -0.497 e. The first-order valence-electron chi connectivity index (χ1n) is 9.29. The Labute approximate surface area is 189 Å². The highest BCUT2D eigenvalue weighted by Crippen LogP contribution is 2.36. The van der Waals surface area contributed by atoms with E-state index >= 15 is 0 Å². The third kappa shape index (κ3) is 5.51. The smallest absolute Gasteiger partial charge is 0.234 e. The quantitative estimate of drug-likeness (QED) is 0.650. The fraction of sp³-hybridized carbons (Fsp3) is 0.227. The van der Waals surface area contributed by atoms with E-state index in [1.165, 1.54) is 7.11 Å². The number of nitriles is 1. The van der Waals surface area contributed by atoms with Crippen LogP contribution in [0.2, 0.25) is 5.02 Å². The van der Waals surface area contributed by atoms with Gasteiger partial charge in [-0.15, -0.1) is 0 Å². The van der Waals surface area contributed by atoms with Crippen LogP contribution in [0.15, 0.2) is 53.1 Å². The van der Waals surface area contributed by atoms with Gasteiger partial charge in [-0.1, -0.05) is 35.5 Å². The number of anilines is 1. The van der Waals surface area contributed by atoms with Crippen LogP contribution in [0.4, 0.5) is 5.69 Å². The summed E-state index contributed by atoms with van der Waals surface area (Å²) in [4.78, 5) is 24.7. The molecular weight excluding hydrogens is 438 g/mol. The summed E-state index contributed by atoms with van der Waals surface area (Å²) >= 11 is 7.09. The molecule has 31 heavy (non-hydrogen) atoms. The second-order valence-electron chi connectivity index (χ2n) is 6.61. The molecule has 2 aromatic rings. The number of carbonyl (C=O) groups is 2. The normalized spacial score (nSPS) is 15.7. The molecule has 2 amide bonds. The maximum Gasteiger partial charge on any atom is 0.234 e. The summed E-state index contributed by atoms with van der Waals surface area (Å²) in [6.45, 7) is 0. The lowest BCUT2D eigenvalue weighted by Gasteiger charge is -2.25. The Morgan fingerprint density at radius 1 is 1.26 bits per heavy atom. The van der Waals surface area contributed by atoms with Crippen LogP contribution in [-0.2, 0) is 9.59 Å². The third-order valence-corrected chi connectivity index (χ3v) is 5.91. The topological polar surface area (TPSA) is 100 Å². The van der Waals surface area contributed by atoms with Crippen LogP contribution in [0.3, 0.4) is 0 Å². The van der Waals surface area contributed by atoms with Crippen LogP contribution in [-0.4, -0.2) is 31.8 Å². The van der Waals surface area contributed by atoms with Gasteiger partial charge in [0.1, 0.15) is 11.5 Å². The SMILES string of the molecule is COc1ccc([C@H]2CC(=O)NC(SCC(=O)Nc3cc(Cl)ccc3OC)=C2C#N)cc1. The second-order valence-corrected chi connectivity index (χ2v) is 8.04. The molecule has 9 heteroatoms. The standard InChI is InChI=1S/C22H20ClN3O4S/c1-29-15-6-3-13(4-7-15)16-10-20(27)26-22(17(16)11-24)31-12-21(28)25-18-9-14(23)5-8-19(18)30-2/h3-9,16H,10,12H2,1-2H3,(H,25,28)(H,26,27)/t16-/m1/s1. The van der Waals surface area contributed by atoms with Crippen molar-refractivity contribution >= 4 is 40.9 Å². The molecule has 1 heterocycles. The zero-order chi connectivity index (χ0) is 22.4. The maximum absolute atomic E-state index is 12.5. The van der Waals surface area contributed by atoms with Gasteiger partial charge in [0.15, 0.2) is 0 Å². The average Bonchev–Trinajstić information content (AvgIpc) is 2.77. The predicted octanol–water partition coefficient (Wildman–Crippen LogP) is 4.07. The monoisotopic (exact) mass is 457 g/mol. The molecule has 0 radical (unpaired) electrons. The summed E-state index contributed by atoms with van der Waals surface area (Å²) in [6, 6.07) is 14.3. The van der Waals surface area contributed by atoms with Crippen LogP contribution in [0, 0.1) is 11.3 Å². The lowest BCUT2D eigenvalue weighted by Crippen LogP contribution is -2.31. The second kappa shape index (κ2) is 10.2. The highest BCUT2D eigenvalue weighted by atomic mass is 35.5. The lowest BCUT2D eigenvalue weighted by atomic mass is 9.87. The molecule has 0 spiro atoms. The zero-order valence-electron chi connectivity index (χ0n) is 16.9. The molecule has 1 aliphatic heterocycles. The number of allylic oxidation sites excluding steroid dienone is 1. The number of thioether (sulfide) groups is 1. The number of methoxy groups -OCH3 is 2. The van der Waals surface area contributed by atoms with E-state index in [1.807, 2.05) is 12.1 Å². The first kappa shape index (κ1) is 22.5. The first-order valence-corrected chi connectivity index (χ1v) is 10.7. The summed E-state index contributed by atoms with van der Waals surface area (Å²) in [5.74, 6) is 0.240. The van der Waals surface area contributed by atoms with Crippen LogP contribution in [0.5, 0.6) is 11.5 Å². The van der Waals surface area contributed by atoms with Crippen molar-refractivity contribution in [2.24, 2.45) is 0 Å². The maximum atomic E-state index is 12.5. The molecule has 0 unspecified atom stereocenters. The predicted molar refractivity (Wildman–Crippen MR) is 120 cm³/mol. The molecule has 2 aromatic carbocycles. The Morgan fingerprint density at radius 3 is 2.65 bits per heavy atom. The number of hydrogen-bond donors (Lipinski definition) is 2. The highest BCUT2D eigenvalue weighted by Gasteiger charge is 2.30. The van der Waals surface area contributed by atoms with E-state index < -0.39 is 0 Å². The van der Waals surface area contributed by atoms with Crippen molar-refractivity contribution < 1.29 is 19.1 Å². The summed E-state index contributed by atoms with van der Waals surface area (Å²) < 4.78 is 10.4. The molecule has 0 aromatic heterocycles. The van der Waals surface area contributed by atoms with Gasteiger partial charge in [0, 0.05) is 17.4 Å². The minimum atomic E-state index is -0.386. The first-order chi connectivity index (χ1) is 14.9. The minimum absolute atomic E-state index is 0.00814. The Kier molecular flexibility index (Phi) is 7.45. The number of rotatable bonds is 7. The van der Waals surface area contributed by atoms with E-state index in [0.29, 0.717) is 32.8 Å². The third-order valence-electron chi connectivity index (χ3n) is 4.66. The Morgan fingerprint density at radius 2 is 2.00 bits per heavy atom. The van der Waals surface area contributed by atoms with Gasteiger partial charge < -0.3 is 20.1 Å². The van der Waals surface area contributed by atoms with Gasteiger partial charge in [-0.3, -0.25) is 9.59 Å². The van der Waals surface area contributed by atoms with Gasteiger partial charge in [-0.2, -0.15) is 5.26 Å². The van der Waals surface area contributed by atoms with Gasteiger partial charge >= 0.3 is 0 Å². The molecule has 3 rings (SSSR count). The van der Waals surface area contributed by atoms with Crippen molar-refractivity contribution in [3.8, 4) is 17.6 Å². The molecule has 1 aliphatic rings. The van der Waals surface area contributed by atoms with Crippen molar-refractivity contribution in [1.82, 2.24) is 5.32 Å². The van der Waals surface area contributed by atoms with Crippen molar-refractivity contribution in [3.05, 3.63) is 63.7 Å². The van der Waals surface area contributed by atoms with Crippen LogP contribution < -0.4 is 20.1 Å². The summed E-state index contributed by atoms with van der Waals surface area (Å²) in [7, 11) is 3.07. The lowest BCUT2D eigenvalue weighted by molar-refractivity contribution is -0.121. The van der Waals surface area contributed by atoms with E-state index in [2.05, 4.69) is 16.7 Å². The number of amides is 2. The fourth-order valence-corrected chi connectivity index (χ4v) is 4.20. The van der Waals surface area contributed by atoms with Gasteiger partial charge in [-0.05, 0) is 35.9 Å². The molecule has 0 bridgehead atoms. The largest absolute Gasteiger partial charge is 0.497 e. The molecular formula is C22H20ClN3O4S. The van der Waals surface area contributed by atoms with Crippen molar-refractivity contribution in [1.29, 1.82) is 5.26 Å². The highest BCUT2D eigenvalue weighted by molar-refractivity contribution is 8.03. The molecule has 0 aliphatic carbocycles. The molecule has 7 nitrogen and oxygen atoms in total. The summed E-state index contributed by atoms with van der Waals surface area (Å²) in [5, 5.41) is 16.1. The van der Waals surface area contributed by atoms with Crippen LogP contribution in [0.25, 0.3) is 0 Å². The van der Waals surface area contributed by atoms with Crippen molar-refractivity contribution in [2.75, 3.05) is 25.3 Å². The number of ether oxygens (including phenoxy) is 2. The van der Waals surface area contributed by atoms with Gasteiger partial charge in [0.05, 0.1) is 42.3 Å². The number of carbonyl (C=O) groups excluding carboxylic acids is 2. The average molecular weight is 458 g/mol.